The summed E-state index contributed by atoms with van der Waals surface area (Å²) in [6, 6.07) is 17.2. The Morgan fingerprint density at radius 2 is 2.00 bits per heavy atom. The lowest BCUT2D eigenvalue weighted by atomic mass is 10.0. The van der Waals surface area contributed by atoms with Crippen molar-refractivity contribution in [3.63, 3.8) is 0 Å². The monoisotopic (exact) mass is 293 g/mol. The van der Waals surface area contributed by atoms with Gasteiger partial charge in [-0.05, 0) is 30.5 Å². The minimum Gasteiger partial charge on any atom is -0.364 e. The van der Waals surface area contributed by atoms with Crippen molar-refractivity contribution in [2.45, 2.75) is 18.9 Å². The third kappa shape index (κ3) is 2.51. The van der Waals surface area contributed by atoms with Crippen LogP contribution in [0.3, 0.4) is 0 Å². The number of nitriles is 1. The highest BCUT2D eigenvalue weighted by molar-refractivity contribution is 5.61. The smallest absolute Gasteiger partial charge is 0.287 e. The molecule has 1 aliphatic rings. The van der Waals surface area contributed by atoms with Crippen molar-refractivity contribution in [1.82, 2.24) is 0 Å². The molecule has 3 rings (SSSR count). The fourth-order valence-corrected chi connectivity index (χ4v) is 3.05. The molecule has 110 valence electrons. The highest BCUT2D eigenvalue weighted by Gasteiger charge is 2.27. The zero-order valence-electron chi connectivity index (χ0n) is 12.0. The van der Waals surface area contributed by atoms with Crippen molar-refractivity contribution in [3.05, 3.63) is 69.8 Å². The number of benzene rings is 2. The van der Waals surface area contributed by atoms with Crippen LogP contribution in [0.1, 0.15) is 30.0 Å². The second-order valence-corrected chi connectivity index (χ2v) is 5.33. The van der Waals surface area contributed by atoms with Gasteiger partial charge in [-0.3, -0.25) is 10.1 Å². The first-order chi connectivity index (χ1) is 10.7. The SMILES string of the molecule is N#Cc1cc(N2CCC[C@@H]2c2ccccc2)ccc1[N+](=O)[O-]. The fourth-order valence-electron chi connectivity index (χ4n) is 3.05. The molecule has 22 heavy (non-hydrogen) atoms. The Morgan fingerprint density at radius 3 is 2.68 bits per heavy atom. The van der Waals surface area contributed by atoms with E-state index in [9.17, 15) is 10.1 Å². The van der Waals surface area contributed by atoms with Crippen molar-refractivity contribution in [1.29, 1.82) is 5.26 Å². The molecule has 2 aromatic rings. The molecule has 0 aliphatic carbocycles. The van der Waals surface area contributed by atoms with Crippen LogP contribution in [-0.2, 0) is 0 Å². The van der Waals surface area contributed by atoms with Crippen molar-refractivity contribution in [3.8, 4) is 6.07 Å². The van der Waals surface area contributed by atoms with Crippen LogP contribution in [0, 0.1) is 21.4 Å². The van der Waals surface area contributed by atoms with Gasteiger partial charge in [-0.2, -0.15) is 5.26 Å². The molecule has 0 unspecified atom stereocenters. The molecule has 0 bridgehead atoms. The first-order valence-electron chi connectivity index (χ1n) is 7.21. The number of nitro benzene ring substituents is 1. The summed E-state index contributed by atoms with van der Waals surface area (Å²) >= 11 is 0. The van der Waals surface area contributed by atoms with Crippen LogP contribution in [0.4, 0.5) is 11.4 Å². The van der Waals surface area contributed by atoms with Gasteiger partial charge in [-0.15, -0.1) is 0 Å². The Hall–Kier alpha value is -2.87. The van der Waals surface area contributed by atoms with E-state index in [4.69, 9.17) is 5.26 Å². The van der Waals surface area contributed by atoms with Crippen LogP contribution in [0.25, 0.3) is 0 Å². The summed E-state index contributed by atoms with van der Waals surface area (Å²) < 4.78 is 0. The van der Waals surface area contributed by atoms with E-state index in [1.54, 1.807) is 12.1 Å². The van der Waals surface area contributed by atoms with E-state index in [0.29, 0.717) is 0 Å². The molecule has 0 aromatic heterocycles. The van der Waals surface area contributed by atoms with Gasteiger partial charge in [0.25, 0.3) is 5.69 Å². The fraction of sp³-hybridized carbons (Fsp3) is 0.235. The maximum Gasteiger partial charge on any atom is 0.287 e. The highest BCUT2D eigenvalue weighted by Crippen LogP contribution is 2.37. The molecule has 0 amide bonds. The molecule has 0 spiro atoms. The van der Waals surface area contributed by atoms with Gasteiger partial charge in [-0.1, -0.05) is 30.3 Å². The third-order valence-corrected chi connectivity index (χ3v) is 4.07. The molecule has 1 fully saturated rings. The summed E-state index contributed by atoms with van der Waals surface area (Å²) in [6.07, 6.45) is 2.11. The standard InChI is InChI=1S/C17H15N3O2/c18-12-14-11-15(8-9-17(14)20(21)22)19-10-4-7-16(19)13-5-2-1-3-6-13/h1-3,5-6,8-9,11,16H,4,7,10H2/t16-/m1/s1. The minimum atomic E-state index is -0.513. The molecule has 0 radical (unpaired) electrons. The molecule has 5 heteroatoms. The minimum absolute atomic E-state index is 0.112. The van der Waals surface area contributed by atoms with E-state index in [0.717, 1.165) is 25.1 Å². The zero-order chi connectivity index (χ0) is 15.5. The summed E-state index contributed by atoms with van der Waals surface area (Å²) in [5.41, 5.74) is 2.08. The average molecular weight is 293 g/mol. The van der Waals surface area contributed by atoms with Crippen molar-refractivity contribution in [2.75, 3.05) is 11.4 Å². The van der Waals surface area contributed by atoms with Crippen molar-refractivity contribution in [2.24, 2.45) is 0 Å². The number of rotatable bonds is 3. The van der Waals surface area contributed by atoms with Crippen LogP contribution in [0.2, 0.25) is 0 Å². The lowest BCUT2D eigenvalue weighted by Crippen LogP contribution is -2.22. The van der Waals surface area contributed by atoms with Crippen LogP contribution in [0.15, 0.2) is 48.5 Å². The maximum atomic E-state index is 10.9. The Labute approximate surface area is 128 Å². The van der Waals surface area contributed by atoms with E-state index in [1.165, 1.54) is 11.6 Å². The summed E-state index contributed by atoms with van der Waals surface area (Å²) in [5.74, 6) is 0. The van der Waals surface area contributed by atoms with Crippen LogP contribution >= 0.6 is 0 Å². The van der Waals surface area contributed by atoms with Crippen LogP contribution < -0.4 is 4.90 Å². The first-order valence-corrected chi connectivity index (χ1v) is 7.21. The van der Waals surface area contributed by atoms with Gasteiger partial charge in [0, 0.05) is 18.3 Å². The number of hydrogen-bond donors (Lipinski definition) is 0. The predicted molar refractivity (Wildman–Crippen MR) is 83.6 cm³/mol. The maximum absolute atomic E-state index is 10.9. The molecule has 1 aliphatic heterocycles. The molecule has 5 nitrogen and oxygen atoms in total. The Kier molecular flexibility index (Phi) is 3.75. The Balaban J connectivity index is 1.97. The predicted octanol–water partition coefficient (Wildman–Crippen LogP) is 3.81. The van der Waals surface area contributed by atoms with Crippen LogP contribution in [-0.4, -0.2) is 11.5 Å². The van der Waals surface area contributed by atoms with E-state index in [1.807, 2.05) is 24.3 Å². The lowest BCUT2D eigenvalue weighted by Gasteiger charge is -2.27. The highest BCUT2D eigenvalue weighted by atomic mass is 16.6. The van der Waals surface area contributed by atoms with Gasteiger partial charge in [0.15, 0.2) is 0 Å². The van der Waals surface area contributed by atoms with Gasteiger partial charge in [-0.25, -0.2) is 0 Å². The van der Waals surface area contributed by atoms with Gasteiger partial charge >= 0.3 is 0 Å². The molecule has 1 heterocycles. The van der Waals surface area contributed by atoms with E-state index >= 15 is 0 Å². The number of nitrogens with zero attached hydrogens (tertiary/aromatic N) is 3. The zero-order valence-corrected chi connectivity index (χ0v) is 12.0. The van der Waals surface area contributed by atoms with Crippen molar-refractivity contribution >= 4 is 11.4 Å². The van der Waals surface area contributed by atoms with Gasteiger partial charge in [0.1, 0.15) is 11.6 Å². The normalized spacial score (nSPS) is 17.2. The van der Waals surface area contributed by atoms with E-state index in [2.05, 4.69) is 17.0 Å². The van der Waals surface area contributed by atoms with Gasteiger partial charge in [0.2, 0.25) is 0 Å². The van der Waals surface area contributed by atoms with Crippen LogP contribution in [0.5, 0.6) is 0 Å². The largest absolute Gasteiger partial charge is 0.364 e. The second-order valence-electron chi connectivity index (χ2n) is 5.33. The molecule has 2 aromatic carbocycles. The average Bonchev–Trinajstić information content (AvgIpc) is 3.04. The summed E-state index contributed by atoms with van der Waals surface area (Å²) in [6.45, 7) is 0.891. The molecular formula is C17H15N3O2. The molecular weight excluding hydrogens is 278 g/mol. The molecule has 0 N–H and O–H groups in total. The summed E-state index contributed by atoms with van der Waals surface area (Å²) in [7, 11) is 0. The van der Waals surface area contributed by atoms with Crippen molar-refractivity contribution < 1.29 is 4.92 Å². The number of anilines is 1. The summed E-state index contributed by atoms with van der Waals surface area (Å²) in [5, 5.41) is 20.1. The second kappa shape index (κ2) is 5.86. The third-order valence-electron chi connectivity index (χ3n) is 4.07. The van der Waals surface area contributed by atoms with Gasteiger partial charge < -0.3 is 4.90 Å². The molecule has 1 atom stereocenters. The van der Waals surface area contributed by atoms with Gasteiger partial charge in [0.05, 0.1) is 11.0 Å². The molecule has 1 saturated heterocycles. The molecule has 0 saturated carbocycles. The number of nitro groups is 1. The Morgan fingerprint density at radius 1 is 1.23 bits per heavy atom. The van der Waals surface area contributed by atoms with E-state index < -0.39 is 4.92 Å². The Bertz CT molecular complexity index is 737. The number of hydrogen-bond acceptors (Lipinski definition) is 4. The summed E-state index contributed by atoms with van der Waals surface area (Å²) in [4.78, 5) is 12.6. The topological polar surface area (TPSA) is 70.2 Å². The quantitative estimate of drug-likeness (QED) is 0.637. The first kappa shape index (κ1) is 14.1. The van der Waals surface area contributed by atoms with E-state index in [-0.39, 0.29) is 17.3 Å². The lowest BCUT2D eigenvalue weighted by molar-refractivity contribution is -0.385.